The average Bonchev–Trinajstić information content (AvgIpc) is 2.72. The number of nitrogens with one attached hydrogen (secondary N) is 1. The van der Waals surface area contributed by atoms with Gasteiger partial charge in [-0.2, -0.15) is 8.78 Å². The Morgan fingerprint density at radius 3 is 2.57 bits per heavy atom. The fourth-order valence-corrected chi connectivity index (χ4v) is 4.97. The Morgan fingerprint density at radius 1 is 1.30 bits per heavy atom. The average molecular weight is 546 g/mol. The normalized spacial score (nSPS) is 20.1. The molecular formula is C22H25F2IN2O2S. The molecule has 1 saturated heterocycles. The van der Waals surface area contributed by atoms with Gasteiger partial charge in [-0.05, 0) is 50.4 Å². The van der Waals surface area contributed by atoms with Crippen LogP contribution in [0.4, 0.5) is 8.78 Å². The van der Waals surface area contributed by atoms with Crippen LogP contribution in [0.2, 0.25) is 0 Å². The third-order valence-electron chi connectivity index (χ3n) is 5.42. The van der Waals surface area contributed by atoms with Gasteiger partial charge in [0, 0.05) is 39.6 Å². The van der Waals surface area contributed by atoms with Gasteiger partial charge in [-0.3, -0.25) is 4.79 Å². The number of piperidine rings is 1. The molecule has 0 radical (unpaired) electrons. The number of likely N-dealkylation sites (N-methyl/N-ethyl adjacent to an activating group) is 1. The number of hydrogen-bond acceptors (Lipinski definition) is 4. The topological polar surface area (TPSA) is 41.6 Å². The summed E-state index contributed by atoms with van der Waals surface area (Å²) in [6.45, 7) is 1.63. The van der Waals surface area contributed by atoms with Gasteiger partial charge in [0.2, 0.25) is 0 Å². The predicted molar refractivity (Wildman–Crippen MR) is 125 cm³/mol. The molecule has 3 rings (SSSR count). The van der Waals surface area contributed by atoms with Crippen molar-refractivity contribution in [3.63, 3.8) is 0 Å². The summed E-state index contributed by atoms with van der Waals surface area (Å²) in [7, 11) is 3.43. The van der Waals surface area contributed by atoms with Crippen LogP contribution in [-0.4, -0.2) is 44.3 Å². The van der Waals surface area contributed by atoms with Gasteiger partial charge in [0.25, 0.3) is 5.91 Å². The lowest BCUT2D eigenvalue weighted by Gasteiger charge is -2.42. The van der Waals surface area contributed by atoms with Gasteiger partial charge in [-0.1, -0.05) is 30.3 Å². The van der Waals surface area contributed by atoms with Crippen LogP contribution in [0.15, 0.2) is 47.4 Å². The van der Waals surface area contributed by atoms with Crippen LogP contribution in [0.25, 0.3) is 0 Å². The molecule has 1 N–H and O–H groups in total. The maximum absolute atomic E-state index is 13.9. The highest BCUT2D eigenvalue weighted by Gasteiger charge is 2.39. The zero-order chi connectivity index (χ0) is 21.9. The number of methoxy groups -OCH3 is 1. The molecule has 2 aromatic carbocycles. The first-order chi connectivity index (χ1) is 14.2. The quantitative estimate of drug-likeness (QED) is 0.305. The molecule has 0 spiro atoms. The molecule has 0 saturated carbocycles. The van der Waals surface area contributed by atoms with Gasteiger partial charge in [0.1, 0.15) is 5.75 Å². The van der Waals surface area contributed by atoms with Crippen LogP contribution in [0.3, 0.4) is 0 Å². The van der Waals surface area contributed by atoms with Crippen LogP contribution in [-0.2, 0) is 9.47 Å². The molecular weight excluding hydrogens is 521 g/mol. The molecule has 1 heterocycles. The highest BCUT2D eigenvalue weighted by atomic mass is 127. The highest BCUT2D eigenvalue weighted by Crippen LogP contribution is 2.41. The minimum Gasteiger partial charge on any atom is -0.496 e. The van der Waals surface area contributed by atoms with Crippen molar-refractivity contribution >= 4 is 40.3 Å². The van der Waals surface area contributed by atoms with Crippen LogP contribution in [0.5, 0.6) is 5.75 Å². The lowest BCUT2D eigenvalue weighted by Crippen LogP contribution is -2.55. The van der Waals surface area contributed by atoms with Crippen molar-refractivity contribution in [2.75, 3.05) is 33.5 Å². The van der Waals surface area contributed by atoms with E-state index >= 15 is 0 Å². The Labute approximate surface area is 193 Å². The van der Waals surface area contributed by atoms with Crippen LogP contribution in [0, 0.1) is 0 Å². The Balaban J connectivity index is 2.04. The Bertz CT molecular complexity index is 883. The smallest absolute Gasteiger partial charge is 0.321 e. The number of alkyl halides is 3. The van der Waals surface area contributed by atoms with Crippen LogP contribution >= 0.6 is 34.4 Å². The molecule has 1 aliphatic heterocycles. The van der Waals surface area contributed by atoms with Gasteiger partial charge in [0.05, 0.1) is 18.2 Å². The first-order valence-corrected chi connectivity index (χ1v) is 11.9. The van der Waals surface area contributed by atoms with E-state index in [1.807, 2.05) is 37.4 Å². The molecule has 0 bridgehead atoms. The molecule has 1 aliphatic rings. The van der Waals surface area contributed by atoms with E-state index in [2.05, 4.69) is 10.2 Å². The SMILES string of the molecule is COc1cc(C(F)(F)I)cc(SC)c1C(=O)N[C@]1(c2ccccc2)CCCN(C)C1. The number of likely N-dealkylation sites (tertiary alicyclic amines) is 1. The monoisotopic (exact) mass is 546 g/mol. The van der Waals surface area contributed by atoms with E-state index in [9.17, 15) is 13.6 Å². The number of thioether (sulfide) groups is 1. The number of ether oxygens (including phenoxy) is 1. The number of amides is 1. The van der Waals surface area contributed by atoms with Gasteiger partial charge < -0.3 is 15.0 Å². The summed E-state index contributed by atoms with van der Waals surface area (Å²) in [6, 6.07) is 12.5. The number of benzene rings is 2. The molecule has 0 unspecified atom stereocenters. The lowest BCUT2D eigenvalue weighted by atomic mass is 9.82. The zero-order valence-electron chi connectivity index (χ0n) is 17.2. The van der Waals surface area contributed by atoms with Crippen LogP contribution < -0.4 is 10.1 Å². The van der Waals surface area contributed by atoms with Crippen molar-refractivity contribution in [1.82, 2.24) is 10.2 Å². The van der Waals surface area contributed by atoms with E-state index in [4.69, 9.17) is 4.74 Å². The molecule has 0 aliphatic carbocycles. The van der Waals surface area contributed by atoms with Crippen molar-refractivity contribution in [3.8, 4) is 5.75 Å². The summed E-state index contributed by atoms with van der Waals surface area (Å²) in [5, 5.41) is 3.24. The summed E-state index contributed by atoms with van der Waals surface area (Å²) in [5.41, 5.74) is 0.580. The first-order valence-electron chi connectivity index (χ1n) is 9.60. The minimum absolute atomic E-state index is 0.151. The van der Waals surface area contributed by atoms with E-state index in [1.54, 1.807) is 6.26 Å². The van der Waals surface area contributed by atoms with Crippen molar-refractivity contribution in [1.29, 1.82) is 0 Å². The van der Waals surface area contributed by atoms with Gasteiger partial charge in [-0.15, -0.1) is 11.8 Å². The number of halogens is 3. The predicted octanol–water partition coefficient (Wildman–Crippen LogP) is 5.25. The maximum Gasteiger partial charge on any atom is 0.321 e. The summed E-state index contributed by atoms with van der Waals surface area (Å²) < 4.78 is 30.2. The van der Waals surface area contributed by atoms with E-state index in [1.165, 1.54) is 31.0 Å². The van der Waals surface area contributed by atoms with E-state index in [0.717, 1.165) is 47.5 Å². The molecule has 162 valence electrons. The summed E-state index contributed by atoms with van der Waals surface area (Å²) in [6.07, 6.45) is 3.51. The molecule has 2 aromatic rings. The molecule has 30 heavy (non-hydrogen) atoms. The standard InChI is InChI=1S/C22H25F2IN2O2S/c1-27-11-7-10-21(14-27,15-8-5-4-6-9-15)26-20(28)19-17(29-2)12-16(22(23,24)25)13-18(19)30-3/h4-6,8-9,12-13H,7,10-11,14H2,1-3H3,(H,26,28)/t21-/m1/s1. The van der Waals surface area contributed by atoms with Gasteiger partial charge in [-0.25, -0.2) is 0 Å². The second-order valence-corrected chi connectivity index (χ2v) is 9.70. The first kappa shape index (κ1) is 23.3. The molecule has 1 fully saturated rings. The third kappa shape index (κ3) is 4.91. The number of hydrogen-bond donors (Lipinski definition) is 1. The number of carbonyl (C=O) groups is 1. The summed E-state index contributed by atoms with van der Waals surface area (Å²) in [5.74, 6) is -0.170. The fourth-order valence-electron chi connectivity index (χ4n) is 4.02. The molecule has 4 nitrogen and oxygen atoms in total. The second kappa shape index (κ2) is 9.40. The second-order valence-electron chi connectivity index (χ2n) is 7.50. The number of nitrogens with zero attached hydrogens (tertiary/aromatic N) is 1. The van der Waals surface area contributed by atoms with E-state index in [0.29, 0.717) is 11.4 Å². The van der Waals surface area contributed by atoms with Crippen molar-refractivity contribution in [2.45, 2.75) is 27.2 Å². The summed E-state index contributed by atoms with van der Waals surface area (Å²) in [4.78, 5) is 16.2. The largest absolute Gasteiger partial charge is 0.496 e. The van der Waals surface area contributed by atoms with Crippen molar-refractivity contribution < 1.29 is 18.3 Å². The Morgan fingerprint density at radius 2 is 2.00 bits per heavy atom. The van der Waals surface area contributed by atoms with E-state index in [-0.39, 0.29) is 22.8 Å². The lowest BCUT2D eigenvalue weighted by molar-refractivity contribution is 0.0800. The minimum atomic E-state index is -3.05. The zero-order valence-corrected chi connectivity index (χ0v) is 20.1. The number of rotatable bonds is 6. The highest BCUT2D eigenvalue weighted by molar-refractivity contribution is 14.1. The third-order valence-corrected chi connectivity index (χ3v) is 6.81. The van der Waals surface area contributed by atoms with Crippen LogP contribution in [0.1, 0.15) is 34.3 Å². The van der Waals surface area contributed by atoms with Crippen molar-refractivity contribution in [3.05, 3.63) is 59.2 Å². The summed E-state index contributed by atoms with van der Waals surface area (Å²) >= 11 is 2.34. The Hall–Kier alpha value is -1.39. The number of carbonyl (C=O) groups excluding carboxylic acids is 1. The Kier molecular flexibility index (Phi) is 7.29. The van der Waals surface area contributed by atoms with Gasteiger partial charge in [0.15, 0.2) is 0 Å². The molecule has 1 atom stereocenters. The molecule has 8 heteroatoms. The fraction of sp³-hybridized carbons (Fsp3) is 0.409. The molecule has 1 amide bonds. The van der Waals surface area contributed by atoms with Gasteiger partial charge >= 0.3 is 3.93 Å². The maximum atomic E-state index is 13.9. The van der Waals surface area contributed by atoms with E-state index < -0.39 is 9.47 Å². The molecule has 0 aromatic heterocycles. The van der Waals surface area contributed by atoms with Crippen molar-refractivity contribution in [2.24, 2.45) is 0 Å².